The third-order valence-electron chi connectivity index (χ3n) is 3.54. The number of anilines is 1. The van der Waals surface area contributed by atoms with Crippen molar-refractivity contribution in [3.8, 4) is 0 Å². The largest absolute Gasteiger partial charge is 0.465 e. The van der Waals surface area contributed by atoms with E-state index in [0.717, 1.165) is 19.5 Å². The van der Waals surface area contributed by atoms with Crippen molar-refractivity contribution in [2.75, 3.05) is 38.1 Å². The van der Waals surface area contributed by atoms with Gasteiger partial charge < -0.3 is 20.2 Å². The molecule has 1 aliphatic rings. The maximum atomic E-state index is 10.9. The van der Waals surface area contributed by atoms with Crippen molar-refractivity contribution in [3.63, 3.8) is 0 Å². The zero-order valence-electron chi connectivity index (χ0n) is 11.2. The van der Waals surface area contributed by atoms with Crippen LogP contribution < -0.4 is 10.2 Å². The van der Waals surface area contributed by atoms with Crippen LogP contribution in [0.1, 0.15) is 6.42 Å². The molecule has 0 bridgehead atoms. The van der Waals surface area contributed by atoms with E-state index in [4.69, 9.17) is 5.11 Å². The summed E-state index contributed by atoms with van der Waals surface area (Å²) >= 11 is 0. The SMILES string of the molecule is CN(CC[C@@H]1CN(C(=O)O)CCN1)c1ccccc1. The van der Waals surface area contributed by atoms with Crippen LogP contribution in [0.15, 0.2) is 30.3 Å². The highest BCUT2D eigenvalue weighted by Gasteiger charge is 2.22. The number of hydrogen-bond donors (Lipinski definition) is 2. The number of nitrogens with zero attached hydrogens (tertiary/aromatic N) is 2. The Morgan fingerprint density at radius 3 is 2.89 bits per heavy atom. The summed E-state index contributed by atoms with van der Waals surface area (Å²) < 4.78 is 0. The number of piperazine rings is 1. The number of carboxylic acid groups (broad SMARTS) is 1. The molecule has 5 nitrogen and oxygen atoms in total. The van der Waals surface area contributed by atoms with Crippen LogP contribution in [0.2, 0.25) is 0 Å². The van der Waals surface area contributed by atoms with E-state index in [-0.39, 0.29) is 6.04 Å². The predicted molar refractivity (Wildman–Crippen MR) is 75.7 cm³/mol. The fourth-order valence-electron chi connectivity index (χ4n) is 2.35. The molecule has 19 heavy (non-hydrogen) atoms. The molecule has 0 saturated carbocycles. The first-order valence-corrected chi connectivity index (χ1v) is 6.64. The Morgan fingerprint density at radius 1 is 1.47 bits per heavy atom. The van der Waals surface area contributed by atoms with Gasteiger partial charge in [0.1, 0.15) is 0 Å². The van der Waals surface area contributed by atoms with Gasteiger partial charge in [0.15, 0.2) is 0 Å². The van der Waals surface area contributed by atoms with Crippen LogP contribution in [-0.2, 0) is 0 Å². The van der Waals surface area contributed by atoms with E-state index in [9.17, 15) is 4.79 Å². The summed E-state index contributed by atoms with van der Waals surface area (Å²) in [5, 5.41) is 12.4. The van der Waals surface area contributed by atoms with E-state index in [1.165, 1.54) is 10.6 Å². The number of carbonyl (C=O) groups is 1. The van der Waals surface area contributed by atoms with Crippen LogP contribution in [0.25, 0.3) is 0 Å². The summed E-state index contributed by atoms with van der Waals surface area (Å²) in [6.45, 7) is 2.82. The van der Waals surface area contributed by atoms with Crippen molar-refractivity contribution in [3.05, 3.63) is 30.3 Å². The molecule has 1 heterocycles. The van der Waals surface area contributed by atoms with E-state index in [0.29, 0.717) is 13.1 Å². The molecule has 1 aromatic carbocycles. The topological polar surface area (TPSA) is 55.8 Å². The standard InChI is InChI=1S/C14H21N3O2/c1-16(13-5-3-2-4-6-13)9-7-12-11-17(14(18)19)10-8-15-12/h2-6,12,15H,7-11H2,1H3,(H,18,19)/t12-/m1/s1. The van der Waals surface area contributed by atoms with Crippen molar-refractivity contribution in [1.29, 1.82) is 0 Å². The predicted octanol–water partition coefficient (Wildman–Crippen LogP) is 1.46. The summed E-state index contributed by atoms with van der Waals surface area (Å²) in [6.07, 6.45) is 0.123. The number of hydrogen-bond acceptors (Lipinski definition) is 3. The summed E-state index contributed by atoms with van der Waals surface area (Å²) in [7, 11) is 2.06. The Hall–Kier alpha value is -1.75. The zero-order valence-corrected chi connectivity index (χ0v) is 11.2. The first kappa shape index (κ1) is 13.7. The molecule has 1 aromatic rings. The first-order chi connectivity index (χ1) is 9.16. The van der Waals surface area contributed by atoms with Gasteiger partial charge in [0, 0.05) is 45.0 Å². The second kappa shape index (κ2) is 6.43. The molecule has 5 heteroatoms. The van der Waals surface area contributed by atoms with Crippen LogP contribution in [0.3, 0.4) is 0 Å². The van der Waals surface area contributed by atoms with Gasteiger partial charge in [0.25, 0.3) is 0 Å². The summed E-state index contributed by atoms with van der Waals surface area (Å²) in [4.78, 5) is 14.6. The minimum absolute atomic E-state index is 0.246. The average molecular weight is 263 g/mol. The Bertz CT molecular complexity index is 410. The van der Waals surface area contributed by atoms with E-state index in [1.807, 2.05) is 18.2 Å². The van der Waals surface area contributed by atoms with Gasteiger partial charge in [-0.05, 0) is 18.6 Å². The molecule has 0 spiro atoms. The van der Waals surface area contributed by atoms with Gasteiger partial charge in [-0.25, -0.2) is 4.79 Å². The van der Waals surface area contributed by atoms with Gasteiger partial charge in [-0.15, -0.1) is 0 Å². The van der Waals surface area contributed by atoms with Gasteiger partial charge in [0.2, 0.25) is 0 Å². The van der Waals surface area contributed by atoms with Gasteiger partial charge in [-0.2, -0.15) is 0 Å². The molecule has 104 valence electrons. The lowest BCUT2D eigenvalue weighted by molar-refractivity contribution is 0.128. The van der Waals surface area contributed by atoms with Crippen LogP contribution in [0.4, 0.5) is 10.5 Å². The lowest BCUT2D eigenvalue weighted by Gasteiger charge is -2.33. The average Bonchev–Trinajstić information content (AvgIpc) is 2.46. The third-order valence-corrected chi connectivity index (χ3v) is 3.54. The molecule has 1 fully saturated rings. The molecule has 1 saturated heterocycles. The Kier molecular flexibility index (Phi) is 4.63. The summed E-state index contributed by atoms with van der Waals surface area (Å²) in [5.74, 6) is 0. The molecule has 2 rings (SSSR count). The van der Waals surface area contributed by atoms with E-state index < -0.39 is 6.09 Å². The second-order valence-electron chi connectivity index (χ2n) is 4.93. The Balaban J connectivity index is 1.80. The number of para-hydroxylation sites is 1. The normalized spacial score (nSPS) is 19.2. The maximum absolute atomic E-state index is 10.9. The smallest absolute Gasteiger partial charge is 0.407 e. The molecule has 2 N–H and O–H groups in total. The molecule has 0 aromatic heterocycles. The van der Waals surface area contributed by atoms with E-state index >= 15 is 0 Å². The monoisotopic (exact) mass is 263 g/mol. The van der Waals surface area contributed by atoms with E-state index in [1.54, 1.807) is 0 Å². The second-order valence-corrected chi connectivity index (χ2v) is 4.93. The molecule has 0 unspecified atom stereocenters. The zero-order chi connectivity index (χ0) is 13.7. The molecule has 1 atom stereocenters. The Labute approximate surface area is 113 Å². The highest BCUT2D eigenvalue weighted by atomic mass is 16.4. The fourth-order valence-corrected chi connectivity index (χ4v) is 2.35. The lowest BCUT2D eigenvalue weighted by Crippen LogP contribution is -2.53. The first-order valence-electron chi connectivity index (χ1n) is 6.64. The van der Waals surface area contributed by atoms with Crippen molar-refractivity contribution in [2.24, 2.45) is 0 Å². The summed E-state index contributed by atoms with van der Waals surface area (Å²) in [5.41, 5.74) is 1.19. The maximum Gasteiger partial charge on any atom is 0.407 e. The Morgan fingerprint density at radius 2 is 2.21 bits per heavy atom. The highest BCUT2D eigenvalue weighted by Crippen LogP contribution is 2.12. The highest BCUT2D eigenvalue weighted by molar-refractivity contribution is 5.65. The van der Waals surface area contributed by atoms with Crippen molar-refractivity contribution in [2.45, 2.75) is 12.5 Å². The summed E-state index contributed by atoms with van der Waals surface area (Å²) in [6, 6.07) is 10.5. The molecule has 0 radical (unpaired) electrons. The third kappa shape index (κ3) is 3.86. The quantitative estimate of drug-likeness (QED) is 0.863. The molecule has 1 aliphatic heterocycles. The molecule has 1 amide bonds. The van der Waals surface area contributed by atoms with Crippen LogP contribution in [0.5, 0.6) is 0 Å². The van der Waals surface area contributed by atoms with Gasteiger partial charge in [-0.1, -0.05) is 18.2 Å². The number of rotatable bonds is 4. The number of nitrogens with one attached hydrogen (secondary N) is 1. The van der Waals surface area contributed by atoms with Gasteiger partial charge in [0.05, 0.1) is 0 Å². The molecule has 0 aliphatic carbocycles. The molecular weight excluding hydrogens is 242 g/mol. The number of benzene rings is 1. The van der Waals surface area contributed by atoms with Crippen LogP contribution in [0, 0.1) is 0 Å². The number of amides is 1. The van der Waals surface area contributed by atoms with Crippen LogP contribution in [-0.4, -0.2) is 55.4 Å². The lowest BCUT2D eigenvalue weighted by atomic mass is 10.1. The van der Waals surface area contributed by atoms with Crippen LogP contribution >= 0.6 is 0 Å². The van der Waals surface area contributed by atoms with Crippen molar-refractivity contribution < 1.29 is 9.90 Å². The molecular formula is C14H21N3O2. The minimum Gasteiger partial charge on any atom is -0.465 e. The van der Waals surface area contributed by atoms with E-state index in [2.05, 4.69) is 29.4 Å². The van der Waals surface area contributed by atoms with Crippen molar-refractivity contribution >= 4 is 11.8 Å². The fraction of sp³-hybridized carbons (Fsp3) is 0.500. The van der Waals surface area contributed by atoms with Gasteiger partial charge in [-0.3, -0.25) is 0 Å². The minimum atomic E-state index is -0.817. The van der Waals surface area contributed by atoms with Crippen molar-refractivity contribution in [1.82, 2.24) is 10.2 Å². The van der Waals surface area contributed by atoms with Gasteiger partial charge >= 0.3 is 6.09 Å².